The topological polar surface area (TPSA) is 80.9 Å². The van der Waals surface area contributed by atoms with E-state index < -0.39 is 16.7 Å². The Balaban J connectivity index is 2.49. The fraction of sp³-hybridized carbons (Fsp3) is 0.308. The lowest BCUT2D eigenvalue weighted by Gasteiger charge is -2.18. The van der Waals surface area contributed by atoms with Crippen LogP contribution in [0.15, 0.2) is 29.4 Å². The summed E-state index contributed by atoms with van der Waals surface area (Å²) in [5.41, 5.74) is 0.936. The van der Waals surface area contributed by atoms with Crippen molar-refractivity contribution in [3.63, 3.8) is 0 Å². The van der Waals surface area contributed by atoms with Crippen molar-refractivity contribution in [3.8, 4) is 0 Å². The summed E-state index contributed by atoms with van der Waals surface area (Å²) in [4.78, 5) is 22.8. The molecule has 2 aromatic heterocycles. The first-order valence-corrected chi connectivity index (χ1v) is 6.66. The molecule has 0 aliphatic carbocycles. The van der Waals surface area contributed by atoms with Gasteiger partial charge in [-0.3, -0.25) is 4.79 Å². The van der Waals surface area contributed by atoms with Crippen LogP contribution >= 0.6 is 11.8 Å². The van der Waals surface area contributed by atoms with Crippen molar-refractivity contribution in [1.82, 2.24) is 9.61 Å². The van der Waals surface area contributed by atoms with Gasteiger partial charge < -0.3 is 9.84 Å². The minimum atomic E-state index is -0.994. The Kier molecular flexibility index (Phi) is 3.71. The van der Waals surface area contributed by atoms with Crippen molar-refractivity contribution >= 4 is 29.2 Å². The van der Waals surface area contributed by atoms with E-state index in [9.17, 15) is 14.7 Å². The molecule has 7 heteroatoms. The van der Waals surface area contributed by atoms with E-state index in [-0.39, 0.29) is 0 Å². The standard InChI is InChI=1S/C13H14N2O4S/c1-13(2,12(17)18)20-10-6-4-5-9-8(11(16)19-3)7-14-15(9)10/h4-7H,1-3H3,(H,17,18). The van der Waals surface area contributed by atoms with Crippen LogP contribution in [-0.2, 0) is 9.53 Å². The van der Waals surface area contributed by atoms with E-state index >= 15 is 0 Å². The highest BCUT2D eigenvalue weighted by molar-refractivity contribution is 8.01. The third-order valence-corrected chi connectivity index (χ3v) is 3.99. The number of aromatic nitrogens is 2. The highest BCUT2D eigenvalue weighted by atomic mass is 32.2. The summed E-state index contributed by atoms with van der Waals surface area (Å²) < 4.78 is 5.24. The number of ether oxygens (including phenoxy) is 1. The van der Waals surface area contributed by atoms with Crippen LogP contribution in [0.3, 0.4) is 0 Å². The van der Waals surface area contributed by atoms with E-state index in [2.05, 4.69) is 9.84 Å². The Morgan fingerprint density at radius 1 is 1.40 bits per heavy atom. The van der Waals surface area contributed by atoms with E-state index in [4.69, 9.17) is 0 Å². The number of hydrogen-bond acceptors (Lipinski definition) is 5. The molecule has 0 saturated carbocycles. The number of fused-ring (bicyclic) bond motifs is 1. The second-order valence-corrected chi connectivity index (χ2v) is 6.27. The second-order valence-electron chi connectivity index (χ2n) is 4.63. The van der Waals surface area contributed by atoms with Crippen LogP contribution < -0.4 is 0 Å². The molecular formula is C13H14N2O4S. The molecule has 1 N–H and O–H groups in total. The Bertz CT molecular complexity index is 678. The number of methoxy groups -OCH3 is 1. The SMILES string of the molecule is COC(=O)c1cnn2c(SC(C)(C)C(=O)O)cccc12. The maximum atomic E-state index is 11.6. The van der Waals surface area contributed by atoms with Crippen molar-refractivity contribution < 1.29 is 19.4 Å². The molecule has 0 aliphatic heterocycles. The van der Waals surface area contributed by atoms with E-state index in [1.807, 2.05) is 0 Å². The van der Waals surface area contributed by atoms with Gasteiger partial charge in [0.1, 0.15) is 10.3 Å². The molecule has 0 aliphatic rings. The first kappa shape index (κ1) is 14.4. The largest absolute Gasteiger partial charge is 0.480 e. The summed E-state index contributed by atoms with van der Waals surface area (Å²) in [6.45, 7) is 3.23. The quantitative estimate of drug-likeness (QED) is 0.687. The zero-order chi connectivity index (χ0) is 14.9. The third kappa shape index (κ3) is 2.49. The monoisotopic (exact) mass is 294 g/mol. The maximum Gasteiger partial charge on any atom is 0.341 e. The number of aliphatic carboxylic acids is 1. The number of pyridine rings is 1. The van der Waals surface area contributed by atoms with Crippen LogP contribution in [0.5, 0.6) is 0 Å². The minimum Gasteiger partial charge on any atom is -0.480 e. The van der Waals surface area contributed by atoms with Gasteiger partial charge in [-0.05, 0) is 26.0 Å². The number of nitrogens with zero attached hydrogens (tertiary/aromatic N) is 2. The van der Waals surface area contributed by atoms with Crippen molar-refractivity contribution in [1.29, 1.82) is 0 Å². The van der Waals surface area contributed by atoms with Crippen molar-refractivity contribution in [2.45, 2.75) is 23.6 Å². The first-order chi connectivity index (χ1) is 9.36. The number of carbonyl (C=O) groups excluding carboxylic acids is 1. The van der Waals surface area contributed by atoms with Gasteiger partial charge in [0.2, 0.25) is 0 Å². The van der Waals surface area contributed by atoms with Gasteiger partial charge in [-0.2, -0.15) is 5.10 Å². The summed E-state index contributed by atoms with van der Waals surface area (Å²) >= 11 is 1.16. The van der Waals surface area contributed by atoms with Crippen LogP contribution in [-0.4, -0.2) is 38.5 Å². The van der Waals surface area contributed by atoms with Crippen LogP contribution in [0.25, 0.3) is 5.52 Å². The van der Waals surface area contributed by atoms with Gasteiger partial charge in [0.05, 0.1) is 23.8 Å². The zero-order valence-electron chi connectivity index (χ0n) is 11.3. The molecule has 0 fully saturated rings. The molecule has 2 heterocycles. The van der Waals surface area contributed by atoms with Crippen LogP contribution in [0.2, 0.25) is 0 Å². The van der Waals surface area contributed by atoms with Crippen LogP contribution in [0.1, 0.15) is 24.2 Å². The van der Waals surface area contributed by atoms with Crippen LogP contribution in [0.4, 0.5) is 0 Å². The number of carboxylic acid groups (broad SMARTS) is 1. The number of rotatable bonds is 4. The van der Waals surface area contributed by atoms with Gasteiger partial charge in [-0.15, -0.1) is 0 Å². The van der Waals surface area contributed by atoms with E-state index in [1.165, 1.54) is 13.3 Å². The molecule has 0 unspecified atom stereocenters. The third-order valence-electron chi connectivity index (χ3n) is 2.79. The Hall–Kier alpha value is -2.02. The van der Waals surface area contributed by atoms with Gasteiger partial charge in [0.15, 0.2) is 0 Å². The molecule has 0 bridgehead atoms. The van der Waals surface area contributed by atoms with E-state index in [0.717, 1.165) is 11.8 Å². The average Bonchev–Trinajstić information content (AvgIpc) is 2.82. The molecule has 2 aromatic rings. The number of carbonyl (C=O) groups is 2. The Labute approximate surface area is 119 Å². The molecule has 0 amide bonds. The smallest absolute Gasteiger partial charge is 0.341 e. The lowest BCUT2D eigenvalue weighted by molar-refractivity contribution is -0.138. The van der Waals surface area contributed by atoms with Gasteiger partial charge >= 0.3 is 11.9 Å². The van der Waals surface area contributed by atoms with Crippen molar-refractivity contribution in [3.05, 3.63) is 30.0 Å². The number of hydrogen-bond donors (Lipinski definition) is 1. The molecule has 0 spiro atoms. The molecule has 20 heavy (non-hydrogen) atoms. The summed E-state index contributed by atoms with van der Waals surface area (Å²) in [6.07, 6.45) is 1.42. The fourth-order valence-electron chi connectivity index (χ4n) is 1.64. The van der Waals surface area contributed by atoms with Crippen molar-refractivity contribution in [2.75, 3.05) is 7.11 Å². The molecule has 0 aromatic carbocycles. The summed E-state index contributed by atoms with van der Waals surface area (Å²) in [6, 6.07) is 5.25. The number of thioether (sulfide) groups is 1. The minimum absolute atomic E-state index is 0.350. The average molecular weight is 294 g/mol. The molecule has 0 radical (unpaired) electrons. The lowest BCUT2D eigenvalue weighted by atomic mass is 10.2. The van der Waals surface area contributed by atoms with Gasteiger partial charge in [-0.1, -0.05) is 17.8 Å². The Morgan fingerprint density at radius 3 is 2.70 bits per heavy atom. The molecule has 0 atom stereocenters. The molecule has 6 nitrogen and oxygen atoms in total. The predicted octanol–water partition coefficient (Wildman–Crippen LogP) is 2.08. The maximum absolute atomic E-state index is 11.6. The fourth-order valence-corrected chi connectivity index (χ4v) is 2.62. The number of carboxylic acids is 1. The molecule has 106 valence electrons. The summed E-state index contributed by atoms with van der Waals surface area (Å²) in [5, 5.41) is 14.0. The molecule has 0 saturated heterocycles. The highest BCUT2D eigenvalue weighted by Gasteiger charge is 2.30. The van der Waals surface area contributed by atoms with Gasteiger partial charge in [-0.25, -0.2) is 9.31 Å². The predicted molar refractivity (Wildman–Crippen MR) is 74.1 cm³/mol. The second kappa shape index (κ2) is 5.16. The lowest BCUT2D eigenvalue weighted by Crippen LogP contribution is -2.27. The summed E-state index contributed by atoms with van der Waals surface area (Å²) in [5.74, 6) is -1.39. The zero-order valence-corrected chi connectivity index (χ0v) is 12.1. The number of esters is 1. The molecular weight excluding hydrogens is 280 g/mol. The highest BCUT2D eigenvalue weighted by Crippen LogP contribution is 2.33. The summed E-state index contributed by atoms with van der Waals surface area (Å²) in [7, 11) is 1.30. The van der Waals surface area contributed by atoms with Crippen molar-refractivity contribution in [2.24, 2.45) is 0 Å². The van der Waals surface area contributed by atoms with Gasteiger partial charge in [0, 0.05) is 0 Å². The Morgan fingerprint density at radius 2 is 2.10 bits per heavy atom. The normalized spacial score (nSPS) is 11.6. The van der Waals surface area contributed by atoms with E-state index in [1.54, 1.807) is 36.6 Å². The molecule has 2 rings (SSSR count). The van der Waals surface area contributed by atoms with E-state index in [0.29, 0.717) is 16.1 Å². The van der Waals surface area contributed by atoms with Gasteiger partial charge in [0.25, 0.3) is 0 Å². The first-order valence-electron chi connectivity index (χ1n) is 5.84. The van der Waals surface area contributed by atoms with Crippen LogP contribution in [0, 0.1) is 0 Å².